The van der Waals surface area contributed by atoms with Crippen LogP contribution in [0.4, 0.5) is 0 Å². The molecule has 5 rings (SSSR count). The van der Waals surface area contributed by atoms with E-state index in [0.29, 0.717) is 40.1 Å². The minimum atomic E-state index is -0.666. The Morgan fingerprint density at radius 2 is 1.89 bits per heavy atom. The zero-order valence-corrected chi connectivity index (χ0v) is 21.6. The second kappa shape index (κ2) is 9.74. The van der Waals surface area contributed by atoms with Crippen LogP contribution >= 0.6 is 0 Å². The summed E-state index contributed by atoms with van der Waals surface area (Å²) in [6, 6.07) is 11.0. The Bertz CT molecular complexity index is 1680. The van der Waals surface area contributed by atoms with Gasteiger partial charge >= 0.3 is 0 Å². The van der Waals surface area contributed by atoms with Gasteiger partial charge in [-0.05, 0) is 70.4 Å². The first kappa shape index (κ1) is 24.6. The number of ether oxygens (including phenoxy) is 3. The van der Waals surface area contributed by atoms with Crippen LogP contribution < -0.4 is 25.1 Å². The molecule has 3 heterocycles. The molecule has 1 atom stereocenters. The summed E-state index contributed by atoms with van der Waals surface area (Å²) >= 11 is 0. The number of methoxy groups -OCH3 is 2. The summed E-state index contributed by atoms with van der Waals surface area (Å²) in [6.07, 6.45) is 1.93. The topological polar surface area (TPSA) is 94.4 Å². The molecule has 1 amide bonds. The lowest BCUT2D eigenvalue weighted by Gasteiger charge is -2.15. The molecule has 2 aromatic carbocycles. The number of hydrogen-bond donors (Lipinski definition) is 1. The van der Waals surface area contributed by atoms with Crippen molar-refractivity contribution in [1.82, 2.24) is 19.6 Å². The Morgan fingerprint density at radius 1 is 1.08 bits per heavy atom. The van der Waals surface area contributed by atoms with Gasteiger partial charge in [-0.25, -0.2) is 0 Å². The van der Waals surface area contributed by atoms with Gasteiger partial charge in [0, 0.05) is 28.9 Å². The number of amides is 1. The van der Waals surface area contributed by atoms with E-state index in [1.54, 1.807) is 36.8 Å². The predicted molar refractivity (Wildman–Crippen MR) is 145 cm³/mol. The molecule has 0 spiro atoms. The van der Waals surface area contributed by atoms with Gasteiger partial charge in [0.05, 0.1) is 36.2 Å². The maximum Gasteiger partial charge on any atom is 0.267 e. The van der Waals surface area contributed by atoms with Gasteiger partial charge in [0.15, 0.2) is 17.6 Å². The van der Waals surface area contributed by atoms with Crippen LogP contribution in [0.1, 0.15) is 13.3 Å². The second-order valence-electron chi connectivity index (χ2n) is 9.31. The normalized spacial score (nSPS) is 12.6. The van der Waals surface area contributed by atoms with Crippen molar-refractivity contribution < 1.29 is 19.0 Å². The number of fused-ring (bicyclic) bond motifs is 5. The Balaban J connectivity index is 1.58. The van der Waals surface area contributed by atoms with Gasteiger partial charge in [-0.3, -0.25) is 19.0 Å². The van der Waals surface area contributed by atoms with Gasteiger partial charge in [-0.15, -0.1) is 0 Å². The van der Waals surface area contributed by atoms with Gasteiger partial charge in [0.1, 0.15) is 5.75 Å². The van der Waals surface area contributed by atoms with Crippen LogP contribution in [-0.2, 0) is 4.79 Å². The SMILES string of the molecule is COc1ccc2c(c1OC)c(=O)n1c3ccc(O[C@@H](C)C(=O)NCCCN(C)C)cc3c3ccnc2c31. The summed E-state index contributed by atoms with van der Waals surface area (Å²) in [7, 11) is 7.06. The summed E-state index contributed by atoms with van der Waals surface area (Å²) in [5, 5.41) is 5.73. The zero-order chi connectivity index (χ0) is 26.3. The summed E-state index contributed by atoms with van der Waals surface area (Å²) < 4.78 is 18.7. The molecular weight excluding hydrogens is 472 g/mol. The summed E-state index contributed by atoms with van der Waals surface area (Å²) in [5.74, 6) is 1.23. The molecule has 0 unspecified atom stereocenters. The minimum Gasteiger partial charge on any atom is -0.493 e. The number of hydrogen-bond acceptors (Lipinski definition) is 7. The van der Waals surface area contributed by atoms with E-state index in [-0.39, 0.29) is 11.5 Å². The summed E-state index contributed by atoms with van der Waals surface area (Å²) in [4.78, 5) is 33.1. The molecular formula is C28H30N4O5. The molecule has 0 bridgehead atoms. The lowest BCUT2D eigenvalue weighted by molar-refractivity contribution is -0.127. The Morgan fingerprint density at radius 3 is 2.62 bits per heavy atom. The lowest BCUT2D eigenvalue weighted by Crippen LogP contribution is -2.37. The molecule has 0 aliphatic rings. The van der Waals surface area contributed by atoms with Crippen LogP contribution in [0.5, 0.6) is 17.2 Å². The van der Waals surface area contributed by atoms with E-state index < -0.39 is 6.10 Å². The number of carbonyl (C=O) groups is 1. The third-order valence-corrected chi connectivity index (χ3v) is 6.63. The number of nitrogens with one attached hydrogen (secondary N) is 1. The number of benzene rings is 2. The first-order valence-corrected chi connectivity index (χ1v) is 12.2. The number of rotatable bonds is 9. The van der Waals surface area contributed by atoms with Crippen molar-refractivity contribution >= 4 is 44.0 Å². The van der Waals surface area contributed by atoms with E-state index in [4.69, 9.17) is 14.2 Å². The molecule has 3 aromatic heterocycles. The molecule has 0 aliphatic heterocycles. The first-order valence-electron chi connectivity index (χ1n) is 12.2. The highest BCUT2D eigenvalue weighted by molar-refractivity contribution is 6.19. The van der Waals surface area contributed by atoms with E-state index >= 15 is 0 Å². The van der Waals surface area contributed by atoms with Crippen molar-refractivity contribution in [2.45, 2.75) is 19.4 Å². The molecule has 0 radical (unpaired) electrons. The van der Waals surface area contributed by atoms with Crippen molar-refractivity contribution in [3.05, 3.63) is 52.9 Å². The van der Waals surface area contributed by atoms with E-state index in [2.05, 4.69) is 15.2 Å². The number of carbonyl (C=O) groups excluding carboxylic acids is 1. The van der Waals surface area contributed by atoms with Gasteiger partial charge < -0.3 is 24.4 Å². The minimum absolute atomic E-state index is 0.169. The molecule has 0 saturated heterocycles. The third kappa shape index (κ3) is 4.15. The molecule has 37 heavy (non-hydrogen) atoms. The van der Waals surface area contributed by atoms with Crippen LogP contribution in [0, 0.1) is 0 Å². The Kier molecular flexibility index (Phi) is 6.47. The molecule has 5 aromatic rings. The van der Waals surface area contributed by atoms with Gasteiger partial charge in [-0.1, -0.05) is 0 Å². The largest absolute Gasteiger partial charge is 0.493 e. The standard InChI is InChI=1S/C28H30N4O5/c1-16(27(33)30-12-6-14-31(2)3)37-17-7-9-21-20(15-17)18-11-13-29-24-19-8-10-22(35-4)26(36-5)23(19)28(34)32(21)25(18)24/h7-11,13,15-16H,6,12,14H2,1-5H3,(H,30,33)/t16-/m0/s1. The average Bonchev–Trinajstić information content (AvgIpc) is 3.23. The third-order valence-electron chi connectivity index (χ3n) is 6.63. The summed E-state index contributed by atoms with van der Waals surface area (Å²) in [6.45, 7) is 3.21. The van der Waals surface area contributed by atoms with E-state index in [1.807, 2.05) is 38.4 Å². The predicted octanol–water partition coefficient (Wildman–Crippen LogP) is 3.44. The van der Waals surface area contributed by atoms with Gasteiger partial charge in [-0.2, -0.15) is 0 Å². The van der Waals surface area contributed by atoms with Crippen molar-refractivity contribution in [1.29, 1.82) is 0 Å². The highest BCUT2D eigenvalue weighted by Crippen LogP contribution is 2.39. The van der Waals surface area contributed by atoms with Crippen molar-refractivity contribution in [2.24, 2.45) is 0 Å². The van der Waals surface area contributed by atoms with E-state index in [0.717, 1.165) is 34.8 Å². The second-order valence-corrected chi connectivity index (χ2v) is 9.31. The fourth-order valence-corrected chi connectivity index (χ4v) is 4.88. The number of aromatic nitrogens is 2. The smallest absolute Gasteiger partial charge is 0.267 e. The summed E-state index contributed by atoms with van der Waals surface area (Å²) in [5.41, 5.74) is 1.92. The van der Waals surface area contributed by atoms with Crippen LogP contribution in [0.2, 0.25) is 0 Å². The molecule has 9 heteroatoms. The Hall–Kier alpha value is -4.11. The fraction of sp³-hybridized carbons (Fsp3) is 0.321. The maximum atomic E-state index is 13.8. The lowest BCUT2D eigenvalue weighted by atomic mass is 10.1. The maximum absolute atomic E-state index is 13.8. The van der Waals surface area contributed by atoms with Crippen LogP contribution in [0.25, 0.3) is 38.1 Å². The highest BCUT2D eigenvalue weighted by atomic mass is 16.5. The van der Waals surface area contributed by atoms with Crippen molar-refractivity contribution in [3.63, 3.8) is 0 Å². The van der Waals surface area contributed by atoms with Crippen molar-refractivity contribution in [2.75, 3.05) is 41.4 Å². The number of pyridine rings is 2. The van der Waals surface area contributed by atoms with Crippen LogP contribution in [0.3, 0.4) is 0 Å². The molecule has 0 saturated carbocycles. The average molecular weight is 503 g/mol. The van der Waals surface area contributed by atoms with Crippen LogP contribution in [-0.4, -0.2) is 67.7 Å². The number of nitrogens with zero attached hydrogens (tertiary/aromatic N) is 3. The molecule has 0 aliphatic carbocycles. The highest BCUT2D eigenvalue weighted by Gasteiger charge is 2.22. The monoisotopic (exact) mass is 502 g/mol. The molecule has 0 fully saturated rings. The molecule has 192 valence electrons. The van der Waals surface area contributed by atoms with Crippen LogP contribution in [0.15, 0.2) is 47.4 Å². The van der Waals surface area contributed by atoms with E-state index in [1.165, 1.54) is 7.11 Å². The van der Waals surface area contributed by atoms with Gasteiger partial charge in [0.25, 0.3) is 11.5 Å². The zero-order valence-electron chi connectivity index (χ0n) is 21.6. The van der Waals surface area contributed by atoms with Gasteiger partial charge in [0.2, 0.25) is 0 Å². The first-order chi connectivity index (χ1) is 17.8. The Labute approximate surface area is 213 Å². The molecule has 9 nitrogen and oxygen atoms in total. The quantitative estimate of drug-likeness (QED) is 0.244. The molecule has 1 N–H and O–H groups in total. The fourth-order valence-electron chi connectivity index (χ4n) is 4.88. The van der Waals surface area contributed by atoms with E-state index in [9.17, 15) is 9.59 Å². The van der Waals surface area contributed by atoms with Crippen molar-refractivity contribution in [3.8, 4) is 17.2 Å².